The van der Waals surface area contributed by atoms with E-state index in [-0.39, 0.29) is 17.4 Å². The number of carboxylic acid groups (broad SMARTS) is 1. The second-order valence-corrected chi connectivity index (χ2v) is 4.68. The Hall–Kier alpha value is -2.14. The lowest BCUT2D eigenvalue weighted by atomic mass is 10.1. The zero-order valence-electron chi connectivity index (χ0n) is 11.1. The van der Waals surface area contributed by atoms with Crippen LogP contribution >= 0.6 is 0 Å². The van der Waals surface area contributed by atoms with Gasteiger partial charge in [0.2, 0.25) is 0 Å². The van der Waals surface area contributed by atoms with Gasteiger partial charge in [-0.05, 0) is 37.1 Å². The molecule has 1 unspecified atom stereocenters. The molecular weight excluding hydrogens is 261 g/mol. The molecule has 0 fully saturated rings. The van der Waals surface area contributed by atoms with Crippen molar-refractivity contribution < 1.29 is 18.7 Å². The van der Waals surface area contributed by atoms with Crippen LogP contribution in [-0.4, -0.2) is 17.1 Å². The van der Waals surface area contributed by atoms with E-state index in [1.165, 1.54) is 24.5 Å². The summed E-state index contributed by atoms with van der Waals surface area (Å²) in [6.45, 7) is 2.32. The van der Waals surface area contributed by atoms with Crippen molar-refractivity contribution in [3.8, 4) is 0 Å². The molecule has 0 bridgehead atoms. The third kappa shape index (κ3) is 3.68. The minimum Gasteiger partial charge on any atom is -0.478 e. The Morgan fingerprint density at radius 3 is 2.70 bits per heavy atom. The van der Waals surface area contributed by atoms with Crippen LogP contribution in [0.25, 0.3) is 0 Å². The van der Waals surface area contributed by atoms with Crippen molar-refractivity contribution in [2.75, 3.05) is 0 Å². The van der Waals surface area contributed by atoms with Crippen LogP contribution in [0.5, 0.6) is 0 Å². The second kappa shape index (κ2) is 6.34. The Bertz CT molecular complexity index is 577. The van der Waals surface area contributed by atoms with Crippen molar-refractivity contribution >= 4 is 5.97 Å². The van der Waals surface area contributed by atoms with Crippen molar-refractivity contribution in [3.05, 3.63) is 59.3 Å². The molecule has 1 aromatic heterocycles. The van der Waals surface area contributed by atoms with Gasteiger partial charge in [-0.25, -0.2) is 9.18 Å². The van der Waals surface area contributed by atoms with E-state index in [4.69, 9.17) is 9.52 Å². The molecule has 0 amide bonds. The van der Waals surface area contributed by atoms with E-state index >= 15 is 0 Å². The first kappa shape index (κ1) is 14.3. The summed E-state index contributed by atoms with van der Waals surface area (Å²) in [5.74, 6) is -0.846. The number of halogens is 1. The Morgan fingerprint density at radius 2 is 2.05 bits per heavy atom. The fourth-order valence-electron chi connectivity index (χ4n) is 1.98. The van der Waals surface area contributed by atoms with Crippen molar-refractivity contribution in [1.29, 1.82) is 0 Å². The third-order valence-electron chi connectivity index (χ3n) is 3.04. The number of carboxylic acids is 1. The normalized spacial score (nSPS) is 12.3. The molecule has 20 heavy (non-hydrogen) atoms. The van der Waals surface area contributed by atoms with E-state index in [2.05, 4.69) is 5.32 Å². The summed E-state index contributed by atoms with van der Waals surface area (Å²) in [4.78, 5) is 10.9. The van der Waals surface area contributed by atoms with Crippen LogP contribution in [0.3, 0.4) is 0 Å². The standard InChI is InChI=1S/C15H16FNO3/c1-10(8-11-2-4-12(16)5-3-11)17-9-14-13(15(18)19)6-7-20-14/h2-7,10,17H,8-9H2,1H3,(H,18,19). The maximum Gasteiger partial charge on any atom is 0.339 e. The average molecular weight is 277 g/mol. The fourth-order valence-corrected chi connectivity index (χ4v) is 1.98. The van der Waals surface area contributed by atoms with Gasteiger partial charge in [-0.3, -0.25) is 0 Å². The summed E-state index contributed by atoms with van der Waals surface area (Å²) < 4.78 is 17.9. The Morgan fingerprint density at radius 1 is 1.35 bits per heavy atom. The largest absolute Gasteiger partial charge is 0.478 e. The van der Waals surface area contributed by atoms with E-state index in [0.29, 0.717) is 12.3 Å². The van der Waals surface area contributed by atoms with Crippen molar-refractivity contribution in [2.45, 2.75) is 25.9 Å². The molecule has 1 aromatic carbocycles. The topological polar surface area (TPSA) is 62.5 Å². The summed E-state index contributed by atoms with van der Waals surface area (Å²) in [6.07, 6.45) is 2.09. The van der Waals surface area contributed by atoms with Crippen LogP contribution < -0.4 is 5.32 Å². The number of rotatable bonds is 6. The van der Waals surface area contributed by atoms with E-state index in [1.54, 1.807) is 12.1 Å². The number of benzene rings is 1. The van der Waals surface area contributed by atoms with Gasteiger partial charge in [0.25, 0.3) is 0 Å². The molecule has 0 spiro atoms. The van der Waals surface area contributed by atoms with Crippen LogP contribution in [0.15, 0.2) is 41.0 Å². The molecule has 2 rings (SSSR count). The number of furan rings is 1. The third-order valence-corrected chi connectivity index (χ3v) is 3.04. The molecule has 0 aliphatic carbocycles. The predicted octanol–water partition coefficient (Wildman–Crippen LogP) is 2.84. The molecule has 4 nitrogen and oxygen atoms in total. The molecule has 106 valence electrons. The van der Waals surface area contributed by atoms with Gasteiger partial charge in [-0.1, -0.05) is 12.1 Å². The minimum absolute atomic E-state index is 0.118. The van der Waals surface area contributed by atoms with Gasteiger partial charge in [-0.2, -0.15) is 0 Å². The predicted molar refractivity (Wildman–Crippen MR) is 72.1 cm³/mol. The van der Waals surface area contributed by atoms with E-state index in [0.717, 1.165) is 12.0 Å². The average Bonchev–Trinajstić information content (AvgIpc) is 2.88. The van der Waals surface area contributed by atoms with Crippen LogP contribution in [0, 0.1) is 5.82 Å². The quantitative estimate of drug-likeness (QED) is 0.852. The summed E-state index contributed by atoms with van der Waals surface area (Å²) in [7, 11) is 0. The van der Waals surface area contributed by atoms with Crippen LogP contribution in [0.2, 0.25) is 0 Å². The first-order valence-corrected chi connectivity index (χ1v) is 6.33. The highest BCUT2D eigenvalue weighted by Crippen LogP contribution is 2.11. The van der Waals surface area contributed by atoms with Gasteiger partial charge in [0.15, 0.2) is 0 Å². The molecule has 0 saturated carbocycles. The molecule has 1 atom stereocenters. The molecule has 2 aromatic rings. The second-order valence-electron chi connectivity index (χ2n) is 4.68. The lowest BCUT2D eigenvalue weighted by Gasteiger charge is -2.13. The van der Waals surface area contributed by atoms with Crippen molar-refractivity contribution in [2.24, 2.45) is 0 Å². The maximum atomic E-state index is 12.8. The lowest BCUT2D eigenvalue weighted by Crippen LogP contribution is -2.28. The van der Waals surface area contributed by atoms with Gasteiger partial charge >= 0.3 is 5.97 Å². The lowest BCUT2D eigenvalue weighted by molar-refractivity contribution is 0.0694. The molecule has 0 radical (unpaired) electrons. The first-order chi connectivity index (χ1) is 9.56. The van der Waals surface area contributed by atoms with Crippen molar-refractivity contribution in [1.82, 2.24) is 5.32 Å². The molecule has 0 saturated heterocycles. The van der Waals surface area contributed by atoms with Gasteiger partial charge in [0.05, 0.1) is 12.8 Å². The molecule has 0 aliphatic heterocycles. The van der Waals surface area contributed by atoms with Crippen LogP contribution in [-0.2, 0) is 13.0 Å². The van der Waals surface area contributed by atoms with Gasteiger partial charge in [0.1, 0.15) is 17.1 Å². The number of hydrogen-bond acceptors (Lipinski definition) is 3. The highest BCUT2D eigenvalue weighted by Gasteiger charge is 2.13. The van der Waals surface area contributed by atoms with Crippen LogP contribution in [0.1, 0.15) is 28.6 Å². The minimum atomic E-state index is -0.998. The van der Waals surface area contributed by atoms with E-state index in [9.17, 15) is 9.18 Å². The number of carbonyl (C=O) groups is 1. The first-order valence-electron chi connectivity index (χ1n) is 6.33. The fraction of sp³-hybridized carbons (Fsp3) is 0.267. The molecule has 2 N–H and O–H groups in total. The monoisotopic (exact) mass is 277 g/mol. The highest BCUT2D eigenvalue weighted by molar-refractivity contribution is 5.88. The Balaban J connectivity index is 1.89. The van der Waals surface area contributed by atoms with Gasteiger partial charge in [-0.15, -0.1) is 0 Å². The molecule has 0 aliphatic rings. The SMILES string of the molecule is CC(Cc1ccc(F)cc1)NCc1occc1C(=O)O. The Kier molecular flexibility index (Phi) is 4.53. The number of aromatic carboxylic acids is 1. The summed E-state index contributed by atoms with van der Waals surface area (Å²) in [5.41, 5.74) is 1.19. The summed E-state index contributed by atoms with van der Waals surface area (Å²) in [6, 6.07) is 7.89. The smallest absolute Gasteiger partial charge is 0.339 e. The van der Waals surface area contributed by atoms with E-state index in [1.807, 2.05) is 6.92 Å². The molecule has 1 heterocycles. The summed E-state index contributed by atoms with van der Waals surface area (Å²) in [5, 5.41) is 12.2. The zero-order chi connectivity index (χ0) is 14.5. The molecular formula is C15H16FNO3. The molecule has 5 heteroatoms. The van der Waals surface area contributed by atoms with Crippen LogP contribution in [0.4, 0.5) is 4.39 Å². The Labute approximate surface area is 116 Å². The summed E-state index contributed by atoms with van der Waals surface area (Å²) >= 11 is 0. The van der Waals surface area contributed by atoms with Gasteiger partial charge in [0, 0.05) is 6.04 Å². The van der Waals surface area contributed by atoms with Gasteiger partial charge < -0.3 is 14.8 Å². The van der Waals surface area contributed by atoms with E-state index < -0.39 is 5.97 Å². The van der Waals surface area contributed by atoms with Crippen molar-refractivity contribution in [3.63, 3.8) is 0 Å². The maximum absolute atomic E-state index is 12.8. The zero-order valence-corrected chi connectivity index (χ0v) is 11.1. The highest BCUT2D eigenvalue weighted by atomic mass is 19.1. The number of hydrogen-bond donors (Lipinski definition) is 2. The number of nitrogens with one attached hydrogen (secondary N) is 1.